The number of ether oxygens (including phenoxy) is 1. The van der Waals surface area contributed by atoms with E-state index in [0.717, 1.165) is 19.6 Å². The normalized spacial score (nSPS) is 20.6. The molecule has 7 heteroatoms. The van der Waals surface area contributed by atoms with Crippen molar-refractivity contribution in [3.8, 4) is 0 Å². The number of hydrogen-bond donors (Lipinski definition) is 2. The van der Waals surface area contributed by atoms with Gasteiger partial charge in [-0.1, -0.05) is 24.3 Å². The second-order valence-corrected chi connectivity index (χ2v) is 6.03. The van der Waals surface area contributed by atoms with Gasteiger partial charge >= 0.3 is 0 Å². The van der Waals surface area contributed by atoms with Gasteiger partial charge in [-0.15, -0.1) is 24.8 Å². The van der Waals surface area contributed by atoms with Crippen molar-refractivity contribution < 1.29 is 9.53 Å². The summed E-state index contributed by atoms with van der Waals surface area (Å²) >= 11 is 0. The van der Waals surface area contributed by atoms with Crippen LogP contribution in [0.4, 0.5) is 0 Å². The Labute approximate surface area is 157 Å². The molecule has 1 aromatic rings. The first-order chi connectivity index (χ1) is 10.6. The van der Waals surface area contributed by atoms with Crippen LogP contribution < -0.4 is 10.6 Å². The Hall–Kier alpha value is -0.850. The average Bonchev–Trinajstić information content (AvgIpc) is 2.45. The van der Waals surface area contributed by atoms with E-state index in [0.29, 0.717) is 13.1 Å². The van der Waals surface area contributed by atoms with E-state index in [1.165, 1.54) is 11.1 Å². The molecule has 0 aromatic heterocycles. The first kappa shape index (κ1) is 23.1. The molecule has 24 heavy (non-hydrogen) atoms. The zero-order valence-electron chi connectivity index (χ0n) is 14.6. The monoisotopic (exact) mass is 377 g/mol. The van der Waals surface area contributed by atoms with E-state index >= 15 is 0 Å². The Kier molecular flexibility index (Phi) is 11.2. The van der Waals surface area contributed by atoms with Crippen LogP contribution in [0.5, 0.6) is 0 Å². The standard InChI is InChI=1S/C17H27N3O2.2ClH/c1-13-10-20(11-14(2)22-13)12-16-7-5-4-6-15(16)8-19-17(21)9-18-3;;/h4-7,13-14,18H,8-12H2,1-3H3,(H,19,21);2*1H. The Bertz CT molecular complexity index is 492. The second-order valence-electron chi connectivity index (χ2n) is 6.03. The van der Waals surface area contributed by atoms with Crippen molar-refractivity contribution in [3.63, 3.8) is 0 Å². The van der Waals surface area contributed by atoms with Gasteiger partial charge in [0.05, 0.1) is 18.8 Å². The molecule has 138 valence electrons. The average molecular weight is 378 g/mol. The number of rotatable bonds is 6. The Balaban J connectivity index is 0.00000264. The van der Waals surface area contributed by atoms with Gasteiger partial charge in [0.15, 0.2) is 0 Å². The molecule has 1 saturated heterocycles. The molecule has 1 aliphatic heterocycles. The van der Waals surface area contributed by atoms with Crippen LogP contribution in [0, 0.1) is 0 Å². The van der Waals surface area contributed by atoms with Gasteiger partial charge in [-0.25, -0.2) is 0 Å². The minimum absolute atomic E-state index is 0. The van der Waals surface area contributed by atoms with E-state index in [-0.39, 0.29) is 42.9 Å². The summed E-state index contributed by atoms with van der Waals surface area (Å²) in [5, 5.41) is 5.81. The van der Waals surface area contributed by atoms with Crippen LogP contribution in [0.3, 0.4) is 0 Å². The van der Waals surface area contributed by atoms with E-state index in [1.807, 2.05) is 6.07 Å². The smallest absolute Gasteiger partial charge is 0.234 e. The number of nitrogens with one attached hydrogen (secondary N) is 2. The molecule has 0 aliphatic carbocycles. The quantitative estimate of drug-likeness (QED) is 0.795. The third-order valence-corrected chi connectivity index (χ3v) is 3.82. The Morgan fingerprint density at radius 1 is 1.17 bits per heavy atom. The number of carbonyl (C=O) groups excluding carboxylic acids is 1. The number of morpholine rings is 1. The van der Waals surface area contributed by atoms with E-state index in [2.05, 4.69) is 47.6 Å². The summed E-state index contributed by atoms with van der Waals surface area (Å²) in [5.41, 5.74) is 2.45. The number of benzene rings is 1. The Morgan fingerprint density at radius 3 is 2.33 bits per heavy atom. The van der Waals surface area contributed by atoms with Crippen LogP contribution in [0.15, 0.2) is 24.3 Å². The van der Waals surface area contributed by atoms with Crippen LogP contribution in [-0.4, -0.2) is 49.7 Å². The molecule has 1 aromatic carbocycles. The summed E-state index contributed by atoms with van der Waals surface area (Å²) in [6.07, 6.45) is 0.539. The third-order valence-electron chi connectivity index (χ3n) is 3.82. The van der Waals surface area contributed by atoms with Crippen molar-refractivity contribution in [2.24, 2.45) is 0 Å². The van der Waals surface area contributed by atoms with Gasteiger partial charge in [-0.05, 0) is 32.0 Å². The summed E-state index contributed by atoms with van der Waals surface area (Å²) in [5.74, 6) is 0.0194. The van der Waals surface area contributed by atoms with Gasteiger partial charge in [0.1, 0.15) is 0 Å². The van der Waals surface area contributed by atoms with Gasteiger partial charge in [0, 0.05) is 26.2 Å². The Morgan fingerprint density at radius 2 is 1.75 bits per heavy atom. The maximum atomic E-state index is 11.6. The summed E-state index contributed by atoms with van der Waals surface area (Å²) < 4.78 is 5.78. The van der Waals surface area contributed by atoms with Crippen LogP contribution >= 0.6 is 24.8 Å². The molecule has 0 bridgehead atoms. The molecule has 0 spiro atoms. The van der Waals surface area contributed by atoms with E-state index in [1.54, 1.807) is 7.05 Å². The minimum atomic E-state index is 0. The lowest BCUT2D eigenvalue weighted by molar-refractivity contribution is -0.120. The third kappa shape index (κ3) is 7.36. The van der Waals surface area contributed by atoms with Gasteiger partial charge in [0.2, 0.25) is 5.91 Å². The number of nitrogens with zero attached hydrogens (tertiary/aromatic N) is 1. The number of likely N-dealkylation sites (N-methyl/N-ethyl adjacent to an activating group) is 1. The second kappa shape index (κ2) is 11.7. The van der Waals surface area contributed by atoms with Crippen LogP contribution in [0.2, 0.25) is 0 Å². The maximum absolute atomic E-state index is 11.6. The summed E-state index contributed by atoms with van der Waals surface area (Å²) in [6, 6.07) is 8.31. The molecule has 1 aliphatic rings. The zero-order chi connectivity index (χ0) is 15.9. The fourth-order valence-electron chi connectivity index (χ4n) is 2.96. The molecular weight excluding hydrogens is 349 g/mol. The molecule has 1 fully saturated rings. The van der Waals surface area contributed by atoms with Crippen molar-refractivity contribution in [1.82, 2.24) is 15.5 Å². The predicted octanol–water partition coefficient (Wildman–Crippen LogP) is 1.97. The van der Waals surface area contributed by atoms with E-state index in [4.69, 9.17) is 4.74 Å². The highest BCUT2D eigenvalue weighted by molar-refractivity contribution is 5.85. The van der Waals surface area contributed by atoms with E-state index in [9.17, 15) is 4.79 Å². The van der Waals surface area contributed by atoms with Crippen molar-refractivity contribution in [2.45, 2.75) is 39.1 Å². The molecular formula is C17H29Cl2N3O2. The molecule has 2 rings (SSSR count). The SMILES string of the molecule is CNCC(=O)NCc1ccccc1CN1CC(C)OC(C)C1.Cl.Cl. The molecule has 5 nitrogen and oxygen atoms in total. The predicted molar refractivity (Wildman–Crippen MR) is 102 cm³/mol. The van der Waals surface area contributed by atoms with Crippen molar-refractivity contribution in [3.05, 3.63) is 35.4 Å². The summed E-state index contributed by atoms with van der Waals surface area (Å²) in [6.45, 7) is 7.96. The highest BCUT2D eigenvalue weighted by Crippen LogP contribution is 2.16. The minimum Gasteiger partial charge on any atom is -0.373 e. The molecule has 2 N–H and O–H groups in total. The number of halogens is 2. The fourth-order valence-corrected chi connectivity index (χ4v) is 2.96. The van der Waals surface area contributed by atoms with Gasteiger partial charge in [-0.2, -0.15) is 0 Å². The molecule has 1 heterocycles. The van der Waals surface area contributed by atoms with Crippen LogP contribution in [0.1, 0.15) is 25.0 Å². The van der Waals surface area contributed by atoms with Gasteiger partial charge in [-0.3, -0.25) is 9.69 Å². The van der Waals surface area contributed by atoms with Gasteiger partial charge < -0.3 is 15.4 Å². The highest BCUT2D eigenvalue weighted by Gasteiger charge is 2.22. The highest BCUT2D eigenvalue weighted by atomic mass is 35.5. The van der Waals surface area contributed by atoms with Gasteiger partial charge in [0.25, 0.3) is 0 Å². The first-order valence-corrected chi connectivity index (χ1v) is 7.94. The summed E-state index contributed by atoms with van der Waals surface area (Å²) in [7, 11) is 1.77. The molecule has 2 atom stereocenters. The lowest BCUT2D eigenvalue weighted by atomic mass is 10.1. The van der Waals surface area contributed by atoms with Crippen LogP contribution in [-0.2, 0) is 22.6 Å². The number of amides is 1. The fraction of sp³-hybridized carbons (Fsp3) is 0.588. The number of carbonyl (C=O) groups is 1. The van der Waals surface area contributed by atoms with Crippen molar-refractivity contribution in [1.29, 1.82) is 0 Å². The van der Waals surface area contributed by atoms with E-state index < -0.39 is 0 Å². The topological polar surface area (TPSA) is 53.6 Å². The zero-order valence-corrected chi connectivity index (χ0v) is 16.2. The maximum Gasteiger partial charge on any atom is 0.234 e. The largest absolute Gasteiger partial charge is 0.373 e. The molecule has 0 radical (unpaired) electrons. The molecule has 1 amide bonds. The number of hydrogen-bond acceptors (Lipinski definition) is 4. The van der Waals surface area contributed by atoms with Crippen molar-refractivity contribution >= 4 is 30.7 Å². The lowest BCUT2D eigenvalue weighted by Gasteiger charge is -2.35. The molecule has 0 saturated carbocycles. The van der Waals surface area contributed by atoms with Crippen molar-refractivity contribution in [2.75, 3.05) is 26.7 Å². The summed E-state index contributed by atoms with van der Waals surface area (Å²) in [4.78, 5) is 14.0. The lowest BCUT2D eigenvalue weighted by Crippen LogP contribution is -2.45. The van der Waals surface area contributed by atoms with Crippen LogP contribution in [0.25, 0.3) is 0 Å². The molecule has 2 unspecified atom stereocenters. The first-order valence-electron chi connectivity index (χ1n) is 7.94.